The van der Waals surface area contributed by atoms with Crippen molar-refractivity contribution in [3.05, 3.63) is 16.3 Å². The van der Waals surface area contributed by atoms with Crippen LogP contribution in [0.5, 0.6) is 0 Å². The first kappa shape index (κ1) is 12.4. The molecule has 1 unspecified atom stereocenters. The van der Waals surface area contributed by atoms with Gasteiger partial charge in [0.05, 0.1) is 6.61 Å². The van der Waals surface area contributed by atoms with Gasteiger partial charge < -0.3 is 20.9 Å². The molecular weight excluding hydrogens is 212 g/mol. The Morgan fingerprint density at radius 1 is 1.67 bits per heavy atom. The van der Waals surface area contributed by atoms with E-state index in [0.29, 0.717) is 13.0 Å². The van der Waals surface area contributed by atoms with E-state index >= 15 is 0 Å². The van der Waals surface area contributed by atoms with Crippen LogP contribution in [0, 0.1) is 0 Å². The Hall–Kier alpha value is -0.620. The first-order valence-corrected chi connectivity index (χ1v) is 5.81. The molecule has 4 N–H and O–H groups in total. The molecule has 15 heavy (non-hydrogen) atoms. The van der Waals surface area contributed by atoms with Crippen LogP contribution < -0.4 is 11.1 Å². The molecular formula is C10H18N2O2S. The van der Waals surface area contributed by atoms with Gasteiger partial charge in [0.25, 0.3) is 0 Å². The maximum absolute atomic E-state index is 8.86. The number of thiophene rings is 1. The van der Waals surface area contributed by atoms with Gasteiger partial charge in [-0.15, -0.1) is 11.3 Å². The van der Waals surface area contributed by atoms with Crippen molar-refractivity contribution in [3.8, 4) is 0 Å². The maximum Gasteiger partial charge on any atom is 0.0616 e. The van der Waals surface area contributed by atoms with Crippen molar-refractivity contribution >= 4 is 17.0 Å². The van der Waals surface area contributed by atoms with Gasteiger partial charge in [0.1, 0.15) is 0 Å². The number of nitrogen functional groups attached to an aromatic ring is 1. The average molecular weight is 230 g/mol. The van der Waals surface area contributed by atoms with Gasteiger partial charge in [-0.25, -0.2) is 0 Å². The first-order chi connectivity index (χ1) is 7.27. The van der Waals surface area contributed by atoms with Crippen LogP contribution in [0.2, 0.25) is 0 Å². The fourth-order valence-electron chi connectivity index (χ4n) is 1.33. The minimum atomic E-state index is 0.168. The first-order valence-electron chi connectivity index (χ1n) is 4.93. The molecule has 0 bridgehead atoms. The zero-order valence-electron chi connectivity index (χ0n) is 8.90. The zero-order valence-corrected chi connectivity index (χ0v) is 9.72. The van der Waals surface area contributed by atoms with Crippen LogP contribution in [0.1, 0.15) is 11.3 Å². The van der Waals surface area contributed by atoms with Gasteiger partial charge in [-0.1, -0.05) is 0 Å². The summed E-state index contributed by atoms with van der Waals surface area (Å²) in [5.74, 6) is 0. The molecule has 0 aliphatic rings. The van der Waals surface area contributed by atoms with Gasteiger partial charge in [-0.2, -0.15) is 0 Å². The van der Waals surface area contributed by atoms with E-state index in [0.717, 1.165) is 17.1 Å². The molecule has 0 saturated heterocycles. The lowest BCUT2D eigenvalue weighted by atomic mass is 10.2. The molecule has 1 heterocycles. The molecule has 0 saturated carbocycles. The van der Waals surface area contributed by atoms with Crippen molar-refractivity contribution in [2.24, 2.45) is 0 Å². The molecule has 1 atom stereocenters. The predicted molar refractivity (Wildman–Crippen MR) is 62.9 cm³/mol. The van der Waals surface area contributed by atoms with E-state index in [4.69, 9.17) is 15.6 Å². The fourth-order valence-corrected chi connectivity index (χ4v) is 2.08. The highest BCUT2D eigenvalue weighted by molar-refractivity contribution is 7.10. The van der Waals surface area contributed by atoms with E-state index in [-0.39, 0.29) is 12.6 Å². The van der Waals surface area contributed by atoms with E-state index < -0.39 is 0 Å². The topological polar surface area (TPSA) is 67.5 Å². The van der Waals surface area contributed by atoms with Gasteiger partial charge in [0.15, 0.2) is 0 Å². The Kier molecular flexibility index (Phi) is 5.63. The number of nitrogens with one attached hydrogen (secondary N) is 1. The highest BCUT2D eigenvalue weighted by Gasteiger charge is 2.08. The summed E-state index contributed by atoms with van der Waals surface area (Å²) < 4.78 is 5.06. The molecule has 0 fully saturated rings. The molecule has 5 heteroatoms. The molecule has 0 aromatic carbocycles. The monoisotopic (exact) mass is 230 g/mol. The van der Waals surface area contributed by atoms with Gasteiger partial charge in [0, 0.05) is 36.9 Å². The Morgan fingerprint density at radius 3 is 3.00 bits per heavy atom. The Balaban J connectivity index is 2.36. The van der Waals surface area contributed by atoms with Gasteiger partial charge in [0.2, 0.25) is 0 Å². The molecule has 4 nitrogen and oxygen atoms in total. The number of methoxy groups -OCH3 is 1. The highest BCUT2D eigenvalue weighted by Crippen LogP contribution is 2.18. The number of rotatable bonds is 7. The third kappa shape index (κ3) is 4.17. The molecule has 86 valence electrons. The lowest BCUT2D eigenvalue weighted by Crippen LogP contribution is -2.33. The second kappa shape index (κ2) is 6.79. The number of hydrogen-bond donors (Lipinski definition) is 3. The fraction of sp³-hybridized carbons (Fsp3) is 0.600. The van der Waals surface area contributed by atoms with Crippen molar-refractivity contribution in [2.75, 3.05) is 26.1 Å². The summed E-state index contributed by atoms with van der Waals surface area (Å²) in [5, 5.41) is 14.1. The second-order valence-corrected chi connectivity index (χ2v) is 4.35. The van der Waals surface area contributed by atoms with E-state index in [1.165, 1.54) is 0 Å². The molecule has 1 aromatic heterocycles. The molecule has 1 aromatic rings. The molecule has 0 aliphatic carbocycles. The van der Waals surface area contributed by atoms with Crippen LogP contribution in [-0.4, -0.2) is 31.5 Å². The van der Waals surface area contributed by atoms with E-state index in [2.05, 4.69) is 5.32 Å². The predicted octanol–water partition coefficient (Wildman–Crippen LogP) is 0.817. The van der Waals surface area contributed by atoms with Crippen molar-refractivity contribution in [2.45, 2.75) is 19.0 Å². The summed E-state index contributed by atoms with van der Waals surface area (Å²) in [6, 6.07) is 2.08. The number of anilines is 1. The smallest absolute Gasteiger partial charge is 0.0616 e. The summed E-state index contributed by atoms with van der Waals surface area (Å²) in [6.45, 7) is 1.50. The summed E-state index contributed by atoms with van der Waals surface area (Å²) in [4.78, 5) is 1.13. The number of aliphatic hydroxyl groups excluding tert-OH is 1. The second-order valence-electron chi connectivity index (χ2n) is 3.34. The lowest BCUT2D eigenvalue weighted by Gasteiger charge is -2.16. The number of ether oxygens (including phenoxy) is 1. The van der Waals surface area contributed by atoms with Crippen LogP contribution in [0.4, 0.5) is 5.69 Å². The third-order valence-corrected chi connectivity index (χ3v) is 3.11. The summed E-state index contributed by atoms with van der Waals surface area (Å²) in [7, 11) is 1.66. The van der Waals surface area contributed by atoms with Crippen LogP contribution >= 0.6 is 11.3 Å². The van der Waals surface area contributed by atoms with Gasteiger partial charge in [-0.05, 0) is 17.9 Å². The molecule has 0 radical (unpaired) electrons. The SMILES string of the molecule is COCC(CCO)NCc1sccc1N. The number of hydrogen-bond acceptors (Lipinski definition) is 5. The minimum Gasteiger partial charge on any atom is -0.398 e. The molecule has 0 amide bonds. The zero-order chi connectivity index (χ0) is 11.1. The Bertz CT molecular complexity index is 272. The van der Waals surface area contributed by atoms with Crippen molar-refractivity contribution in [3.63, 3.8) is 0 Å². The van der Waals surface area contributed by atoms with E-state index in [9.17, 15) is 0 Å². The lowest BCUT2D eigenvalue weighted by molar-refractivity contribution is 0.148. The molecule has 0 spiro atoms. The Morgan fingerprint density at radius 2 is 2.47 bits per heavy atom. The van der Waals surface area contributed by atoms with E-state index in [1.54, 1.807) is 18.4 Å². The van der Waals surface area contributed by atoms with Crippen molar-refractivity contribution in [1.82, 2.24) is 5.32 Å². The standard InChI is InChI=1S/C10H18N2O2S/c1-14-7-8(2-4-13)12-6-10-9(11)3-5-15-10/h3,5,8,12-13H,2,4,6-7,11H2,1H3. The van der Waals surface area contributed by atoms with Crippen LogP contribution in [0.25, 0.3) is 0 Å². The molecule has 0 aliphatic heterocycles. The largest absolute Gasteiger partial charge is 0.398 e. The highest BCUT2D eigenvalue weighted by atomic mass is 32.1. The maximum atomic E-state index is 8.86. The summed E-state index contributed by atoms with van der Waals surface area (Å²) >= 11 is 1.64. The van der Waals surface area contributed by atoms with Gasteiger partial charge in [-0.3, -0.25) is 0 Å². The van der Waals surface area contributed by atoms with E-state index in [1.807, 2.05) is 11.4 Å². The van der Waals surface area contributed by atoms with Crippen molar-refractivity contribution in [1.29, 1.82) is 0 Å². The van der Waals surface area contributed by atoms with Crippen molar-refractivity contribution < 1.29 is 9.84 Å². The summed E-state index contributed by atoms with van der Waals surface area (Å²) in [5.41, 5.74) is 6.59. The van der Waals surface area contributed by atoms with Crippen LogP contribution in [0.3, 0.4) is 0 Å². The molecule has 1 rings (SSSR count). The number of nitrogens with two attached hydrogens (primary N) is 1. The van der Waals surface area contributed by atoms with Crippen LogP contribution in [-0.2, 0) is 11.3 Å². The third-order valence-electron chi connectivity index (χ3n) is 2.18. The quantitative estimate of drug-likeness (QED) is 0.648. The Labute approximate surface area is 94.1 Å². The summed E-state index contributed by atoms with van der Waals surface area (Å²) in [6.07, 6.45) is 0.694. The van der Waals surface area contributed by atoms with Gasteiger partial charge >= 0.3 is 0 Å². The average Bonchev–Trinajstić information content (AvgIpc) is 2.61. The minimum absolute atomic E-state index is 0.168. The number of aliphatic hydroxyl groups is 1. The normalized spacial score (nSPS) is 12.9. The van der Waals surface area contributed by atoms with Crippen LogP contribution in [0.15, 0.2) is 11.4 Å².